The third kappa shape index (κ3) is 4.22. The molecule has 1 atom stereocenters. The van der Waals surface area contributed by atoms with Gasteiger partial charge in [-0.1, -0.05) is 0 Å². The molecular formula is C13H17IN2O2. The van der Waals surface area contributed by atoms with Gasteiger partial charge in [-0.05, 0) is 53.8 Å². The summed E-state index contributed by atoms with van der Waals surface area (Å²) >= 11 is 2.24. The number of carbonyl (C=O) groups is 1. The van der Waals surface area contributed by atoms with Gasteiger partial charge in [0.25, 0.3) is 0 Å². The molecule has 0 aromatic heterocycles. The molecule has 1 aromatic rings. The highest BCUT2D eigenvalue weighted by Gasteiger charge is 2.18. The molecule has 1 fully saturated rings. The SMILES string of the molecule is C[C@H]1CN(CC(=O)Nc2ccc(I)cc2)CCO1. The van der Waals surface area contributed by atoms with Crippen molar-refractivity contribution < 1.29 is 9.53 Å². The van der Waals surface area contributed by atoms with Crippen LogP contribution in [0.2, 0.25) is 0 Å². The molecule has 98 valence electrons. The molecule has 0 saturated carbocycles. The molecule has 1 N–H and O–H groups in total. The van der Waals surface area contributed by atoms with Crippen LogP contribution in [0.15, 0.2) is 24.3 Å². The fourth-order valence-corrected chi connectivity index (χ4v) is 2.33. The average Bonchev–Trinajstić information content (AvgIpc) is 2.32. The number of nitrogens with zero attached hydrogens (tertiary/aromatic N) is 1. The quantitative estimate of drug-likeness (QED) is 0.838. The maximum absolute atomic E-state index is 11.9. The molecule has 1 saturated heterocycles. The van der Waals surface area contributed by atoms with E-state index in [2.05, 4.69) is 32.8 Å². The van der Waals surface area contributed by atoms with E-state index in [1.165, 1.54) is 0 Å². The smallest absolute Gasteiger partial charge is 0.238 e. The molecule has 4 nitrogen and oxygen atoms in total. The first kappa shape index (κ1) is 13.8. The van der Waals surface area contributed by atoms with Crippen molar-refractivity contribution in [3.05, 3.63) is 27.8 Å². The van der Waals surface area contributed by atoms with Crippen molar-refractivity contribution >= 4 is 34.2 Å². The lowest BCUT2D eigenvalue weighted by Crippen LogP contribution is -2.44. The molecule has 0 spiro atoms. The van der Waals surface area contributed by atoms with Crippen LogP contribution in [-0.4, -0.2) is 43.2 Å². The van der Waals surface area contributed by atoms with E-state index >= 15 is 0 Å². The molecule has 2 rings (SSSR count). The van der Waals surface area contributed by atoms with Crippen molar-refractivity contribution in [1.82, 2.24) is 4.90 Å². The van der Waals surface area contributed by atoms with E-state index in [0.29, 0.717) is 13.2 Å². The van der Waals surface area contributed by atoms with Gasteiger partial charge in [-0.2, -0.15) is 0 Å². The number of anilines is 1. The van der Waals surface area contributed by atoms with Crippen LogP contribution in [0, 0.1) is 3.57 Å². The van der Waals surface area contributed by atoms with Crippen LogP contribution in [0.25, 0.3) is 0 Å². The van der Waals surface area contributed by atoms with Gasteiger partial charge in [0.05, 0.1) is 19.3 Å². The lowest BCUT2D eigenvalue weighted by atomic mass is 10.3. The highest BCUT2D eigenvalue weighted by molar-refractivity contribution is 14.1. The first-order valence-corrected chi connectivity index (χ1v) is 7.11. The van der Waals surface area contributed by atoms with Gasteiger partial charge in [-0.3, -0.25) is 9.69 Å². The molecule has 1 heterocycles. The summed E-state index contributed by atoms with van der Waals surface area (Å²) in [5.74, 6) is 0.0327. The number of nitrogens with one attached hydrogen (secondary N) is 1. The summed E-state index contributed by atoms with van der Waals surface area (Å²) in [6, 6.07) is 7.79. The molecule has 0 bridgehead atoms. The Labute approximate surface area is 121 Å². The Hall–Kier alpha value is -0.660. The summed E-state index contributed by atoms with van der Waals surface area (Å²) in [6.45, 7) is 4.81. The number of hydrogen-bond donors (Lipinski definition) is 1. The van der Waals surface area contributed by atoms with Crippen LogP contribution >= 0.6 is 22.6 Å². The second kappa shape index (κ2) is 6.49. The van der Waals surface area contributed by atoms with E-state index in [4.69, 9.17) is 4.74 Å². The minimum absolute atomic E-state index is 0.0327. The third-order valence-electron chi connectivity index (χ3n) is 2.82. The van der Waals surface area contributed by atoms with Gasteiger partial charge in [0, 0.05) is 22.3 Å². The van der Waals surface area contributed by atoms with Gasteiger partial charge in [-0.15, -0.1) is 0 Å². The number of morpholine rings is 1. The maximum Gasteiger partial charge on any atom is 0.238 e. The summed E-state index contributed by atoms with van der Waals surface area (Å²) in [6.07, 6.45) is 0.213. The Morgan fingerprint density at radius 1 is 1.50 bits per heavy atom. The zero-order valence-corrected chi connectivity index (χ0v) is 12.5. The monoisotopic (exact) mass is 360 g/mol. The van der Waals surface area contributed by atoms with Crippen LogP contribution in [0.1, 0.15) is 6.92 Å². The highest BCUT2D eigenvalue weighted by Crippen LogP contribution is 2.11. The van der Waals surface area contributed by atoms with Gasteiger partial charge in [-0.25, -0.2) is 0 Å². The standard InChI is InChI=1S/C13H17IN2O2/c1-10-8-16(6-7-18-10)9-13(17)15-12-4-2-11(14)3-5-12/h2-5,10H,6-9H2,1H3,(H,15,17)/t10-/m0/s1. The zero-order chi connectivity index (χ0) is 13.0. The number of benzene rings is 1. The Balaban J connectivity index is 1.83. The van der Waals surface area contributed by atoms with E-state index < -0.39 is 0 Å². The van der Waals surface area contributed by atoms with Crippen LogP contribution in [0.3, 0.4) is 0 Å². The molecule has 1 aromatic carbocycles. The minimum Gasteiger partial charge on any atom is -0.376 e. The molecule has 1 amide bonds. The van der Waals surface area contributed by atoms with Crippen LogP contribution in [-0.2, 0) is 9.53 Å². The van der Waals surface area contributed by atoms with Gasteiger partial charge in [0.2, 0.25) is 5.91 Å². The van der Waals surface area contributed by atoms with E-state index in [1.54, 1.807) is 0 Å². The molecule has 0 unspecified atom stereocenters. The van der Waals surface area contributed by atoms with E-state index in [1.807, 2.05) is 31.2 Å². The van der Waals surface area contributed by atoms with Gasteiger partial charge in [0.15, 0.2) is 0 Å². The van der Waals surface area contributed by atoms with Crippen molar-refractivity contribution in [2.75, 3.05) is 31.6 Å². The number of amides is 1. The van der Waals surface area contributed by atoms with Crippen molar-refractivity contribution in [2.24, 2.45) is 0 Å². The summed E-state index contributed by atoms with van der Waals surface area (Å²) in [4.78, 5) is 14.0. The van der Waals surface area contributed by atoms with E-state index in [0.717, 1.165) is 22.3 Å². The fraction of sp³-hybridized carbons (Fsp3) is 0.462. The Kier molecular flexibility index (Phi) is 4.96. The van der Waals surface area contributed by atoms with Crippen molar-refractivity contribution in [3.63, 3.8) is 0 Å². The second-order valence-electron chi connectivity index (χ2n) is 4.47. The largest absolute Gasteiger partial charge is 0.376 e. The first-order valence-electron chi connectivity index (χ1n) is 6.03. The second-order valence-corrected chi connectivity index (χ2v) is 5.72. The van der Waals surface area contributed by atoms with E-state index in [-0.39, 0.29) is 12.0 Å². The lowest BCUT2D eigenvalue weighted by Gasteiger charge is -2.30. The summed E-state index contributed by atoms with van der Waals surface area (Å²) in [5.41, 5.74) is 0.849. The maximum atomic E-state index is 11.9. The number of ether oxygens (including phenoxy) is 1. The summed E-state index contributed by atoms with van der Waals surface area (Å²) in [5, 5.41) is 2.91. The van der Waals surface area contributed by atoms with Crippen molar-refractivity contribution in [3.8, 4) is 0 Å². The van der Waals surface area contributed by atoms with Crippen LogP contribution < -0.4 is 5.32 Å². The normalized spacial score (nSPS) is 20.7. The highest BCUT2D eigenvalue weighted by atomic mass is 127. The molecule has 1 aliphatic rings. The molecule has 1 aliphatic heterocycles. The predicted molar refractivity (Wildman–Crippen MR) is 79.6 cm³/mol. The lowest BCUT2D eigenvalue weighted by molar-refractivity contribution is -0.119. The Bertz CT molecular complexity index is 408. The van der Waals surface area contributed by atoms with Gasteiger partial charge >= 0.3 is 0 Å². The summed E-state index contributed by atoms with van der Waals surface area (Å²) in [7, 11) is 0. The number of hydrogen-bond acceptors (Lipinski definition) is 3. The minimum atomic E-state index is 0.0327. The average molecular weight is 360 g/mol. The van der Waals surface area contributed by atoms with Gasteiger partial charge < -0.3 is 10.1 Å². The van der Waals surface area contributed by atoms with Crippen molar-refractivity contribution in [1.29, 1.82) is 0 Å². The van der Waals surface area contributed by atoms with E-state index in [9.17, 15) is 4.79 Å². The van der Waals surface area contributed by atoms with Crippen molar-refractivity contribution in [2.45, 2.75) is 13.0 Å². The molecule has 18 heavy (non-hydrogen) atoms. The van der Waals surface area contributed by atoms with Crippen LogP contribution in [0.5, 0.6) is 0 Å². The topological polar surface area (TPSA) is 41.6 Å². The molecule has 5 heteroatoms. The van der Waals surface area contributed by atoms with Gasteiger partial charge in [0.1, 0.15) is 0 Å². The van der Waals surface area contributed by atoms with Crippen LogP contribution in [0.4, 0.5) is 5.69 Å². The Morgan fingerprint density at radius 2 is 2.22 bits per heavy atom. The third-order valence-corrected chi connectivity index (χ3v) is 3.54. The number of halogens is 1. The summed E-state index contributed by atoms with van der Waals surface area (Å²) < 4.78 is 6.61. The first-order chi connectivity index (χ1) is 8.63. The predicted octanol–water partition coefficient (Wildman–Crippen LogP) is 1.95. The molecule has 0 radical (unpaired) electrons. The number of carbonyl (C=O) groups excluding carboxylic acids is 1. The molecule has 0 aliphatic carbocycles. The fourth-order valence-electron chi connectivity index (χ4n) is 1.97. The Morgan fingerprint density at radius 3 is 2.89 bits per heavy atom. The zero-order valence-electron chi connectivity index (χ0n) is 10.4. The number of rotatable bonds is 3. The molecular weight excluding hydrogens is 343 g/mol.